The number of carbonyl (C=O) groups is 1. The fourth-order valence-corrected chi connectivity index (χ4v) is 2.57. The highest BCUT2D eigenvalue weighted by atomic mass is 35.6. The molecule has 0 unspecified atom stereocenters. The first-order chi connectivity index (χ1) is 9.93. The molecule has 6 nitrogen and oxygen atoms in total. The molecule has 0 aliphatic carbocycles. The second-order valence-electron chi connectivity index (χ2n) is 4.00. The number of hydrogen-bond acceptors (Lipinski definition) is 5. The molecule has 0 bridgehead atoms. The number of alkyl halides is 3. The van der Waals surface area contributed by atoms with Crippen LogP contribution in [0.4, 0.5) is 5.69 Å². The highest BCUT2D eigenvalue weighted by Gasteiger charge is 2.30. The lowest BCUT2D eigenvalue weighted by Gasteiger charge is -2.11. The standard InChI is InChI=1S/C11H6Cl3N5OS/c12-11(13,14)9(20)16-7-3-1-2-6(4-7)8-18-19-5-15-17-10(19)21-8/h1-5H,(H,16,20). The molecule has 2 heterocycles. The predicted octanol–water partition coefficient (Wildman–Crippen LogP) is 3.16. The number of amides is 1. The Balaban J connectivity index is 1.89. The first-order valence-electron chi connectivity index (χ1n) is 5.59. The van der Waals surface area contributed by atoms with Crippen LogP contribution >= 0.6 is 46.1 Å². The Hall–Kier alpha value is -1.41. The van der Waals surface area contributed by atoms with Crippen molar-refractivity contribution in [3.05, 3.63) is 30.6 Å². The highest BCUT2D eigenvalue weighted by molar-refractivity contribution is 7.19. The summed E-state index contributed by atoms with van der Waals surface area (Å²) in [5, 5.41) is 15.3. The van der Waals surface area contributed by atoms with Crippen molar-refractivity contribution in [2.45, 2.75) is 3.79 Å². The van der Waals surface area contributed by atoms with Crippen LogP contribution in [0.3, 0.4) is 0 Å². The maximum Gasteiger partial charge on any atom is 0.276 e. The van der Waals surface area contributed by atoms with Crippen molar-refractivity contribution in [2.75, 3.05) is 5.32 Å². The molecule has 0 fully saturated rings. The van der Waals surface area contributed by atoms with Gasteiger partial charge in [-0.3, -0.25) is 4.79 Å². The first-order valence-corrected chi connectivity index (χ1v) is 7.54. The van der Waals surface area contributed by atoms with Crippen LogP contribution in [-0.4, -0.2) is 29.5 Å². The number of aromatic nitrogens is 4. The van der Waals surface area contributed by atoms with Crippen molar-refractivity contribution in [3.63, 3.8) is 0 Å². The predicted molar refractivity (Wildman–Crippen MR) is 83.0 cm³/mol. The van der Waals surface area contributed by atoms with Crippen molar-refractivity contribution < 1.29 is 4.79 Å². The van der Waals surface area contributed by atoms with Crippen molar-refractivity contribution in [1.29, 1.82) is 0 Å². The Morgan fingerprint density at radius 3 is 2.86 bits per heavy atom. The molecule has 0 saturated carbocycles. The monoisotopic (exact) mass is 361 g/mol. The van der Waals surface area contributed by atoms with E-state index in [4.69, 9.17) is 34.8 Å². The van der Waals surface area contributed by atoms with Gasteiger partial charge in [0.2, 0.25) is 4.96 Å². The average Bonchev–Trinajstić information content (AvgIpc) is 2.98. The van der Waals surface area contributed by atoms with Crippen LogP contribution in [0, 0.1) is 0 Å². The van der Waals surface area contributed by atoms with E-state index in [9.17, 15) is 4.79 Å². The van der Waals surface area contributed by atoms with E-state index in [2.05, 4.69) is 20.6 Å². The van der Waals surface area contributed by atoms with Gasteiger partial charge in [-0.25, -0.2) is 0 Å². The summed E-state index contributed by atoms with van der Waals surface area (Å²) in [5.41, 5.74) is 1.32. The molecular formula is C11H6Cl3N5OS. The van der Waals surface area contributed by atoms with Crippen LogP contribution in [0.5, 0.6) is 0 Å². The number of hydrogen-bond donors (Lipinski definition) is 1. The van der Waals surface area contributed by atoms with Crippen LogP contribution in [-0.2, 0) is 4.79 Å². The minimum absolute atomic E-state index is 0.509. The number of nitrogens with one attached hydrogen (secondary N) is 1. The number of carbonyl (C=O) groups excluding carboxylic acids is 1. The summed E-state index contributed by atoms with van der Waals surface area (Å²) in [4.78, 5) is 12.3. The van der Waals surface area contributed by atoms with Crippen LogP contribution < -0.4 is 5.32 Å². The molecule has 1 N–H and O–H groups in total. The largest absolute Gasteiger partial charge is 0.322 e. The Kier molecular flexibility index (Phi) is 3.75. The second kappa shape index (κ2) is 5.42. The number of benzene rings is 1. The van der Waals surface area contributed by atoms with E-state index >= 15 is 0 Å². The molecule has 0 radical (unpaired) electrons. The topological polar surface area (TPSA) is 72.2 Å². The molecule has 21 heavy (non-hydrogen) atoms. The molecule has 3 rings (SSSR count). The summed E-state index contributed by atoms with van der Waals surface area (Å²) in [5.74, 6) is -0.720. The quantitative estimate of drug-likeness (QED) is 0.711. The van der Waals surface area contributed by atoms with Gasteiger partial charge in [0.05, 0.1) is 0 Å². The van der Waals surface area contributed by atoms with Gasteiger partial charge in [-0.15, -0.1) is 10.2 Å². The molecule has 1 aromatic carbocycles. The van der Waals surface area contributed by atoms with Gasteiger partial charge in [0, 0.05) is 11.3 Å². The maximum atomic E-state index is 11.6. The SMILES string of the molecule is O=C(Nc1cccc(-c2nn3cnnc3s2)c1)C(Cl)(Cl)Cl. The number of rotatable bonds is 2. The Bertz CT molecular complexity index is 781. The average molecular weight is 363 g/mol. The molecule has 0 spiro atoms. The van der Waals surface area contributed by atoms with E-state index in [-0.39, 0.29) is 0 Å². The van der Waals surface area contributed by atoms with E-state index < -0.39 is 9.70 Å². The van der Waals surface area contributed by atoms with Crippen LogP contribution in [0.2, 0.25) is 0 Å². The summed E-state index contributed by atoms with van der Waals surface area (Å²) in [6.07, 6.45) is 1.52. The normalized spacial score (nSPS) is 11.8. The third-order valence-corrected chi connectivity index (χ3v) is 3.99. The zero-order chi connectivity index (χ0) is 15.0. The molecule has 0 atom stereocenters. The lowest BCUT2D eigenvalue weighted by atomic mass is 10.2. The zero-order valence-corrected chi connectivity index (χ0v) is 13.2. The van der Waals surface area contributed by atoms with E-state index in [0.717, 1.165) is 10.6 Å². The summed E-state index contributed by atoms with van der Waals surface area (Å²) in [6, 6.07) is 7.06. The van der Waals surface area contributed by atoms with Gasteiger partial charge in [-0.1, -0.05) is 58.3 Å². The van der Waals surface area contributed by atoms with Crippen LogP contribution in [0.25, 0.3) is 15.5 Å². The Morgan fingerprint density at radius 2 is 2.14 bits per heavy atom. The smallest absolute Gasteiger partial charge is 0.276 e. The Morgan fingerprint density at radius 1 is 1.33 bits per heavy atom. The number of halogens is 3. The van der Waals surface area contributed by atoms with Crippen LogP contribution in [0.1, 0.15) is 0 Å². The molecule has 0 aliphatic rings. The highest BCUT2D eigenvalue weighted by Crippen LogP contribution is 2.30. The van der Waals surface area contributed by atoms with Gasteiger partial charge in [-0.05, 0) is 12.1 Å². The minimum Gasteiger partial charge on any atom is -0.322 e. The van der Waals surface area contributed by atoms with E-state index in [1.54, 1.807) is 22.7 Å². The van der Waals surface area contributed by atoms with E-state index in [0.29, 0.717) is 10.6 Å². The summed E-state index contributed by atoms with van der Waals surface area (Å²) in [7, 11) is 0. The van der Waals surface area contributed by atoms with Gasteiger partial charge >= 0.3 is 0 Å². The third-order valence-electron chi connectivity index (χ3n) is 2.51. The van der Waals surface area contributed by atoms with Crippen molar-refractivity contribution in [2.24, 2.45) is 0 Å². The lowest BCUT2D eigenvalue weighted by Crippen LogP contribution is -2.26. The lowest BCUT2D eigenvalue weighted by molar-refractivity contribution is -0.115. The summed E-state index contributed by atoms with van der Waals surface area (Å²) in [6.45, 7) is 0. The van der Waals surface area contributed by atoms with Gasteiger partial charge in [0.15, 0.2) is 0 Å². The van der Waals surface area contributed by atoms with E-state index in [1.165, 1.54) is 17.7 Å². The maximum absolute atomic E-state index is 11.6. The molecule has 3 aromatic rings. The molecular weight excluding hydrogens is 357 g/mol. The van der Waals surface area contributed by atoms with Gasteiger partial charge in [0.1, 0.15) is 11.3 Å². The minimum atomic E-state index is -2.01. The molecule has 0 aliphatic heterocycles. The number of anilines is 1. The summed E-state index contributed by atoms with van der Waals surface area (Å²) >= 11 is 17.9. The zero-order valence-electron chi connectivity index (χ0n) is 10.1. The first kappa shape index (κ1) is 14.5. The Labute approximate surface area is 137 Å². The molecule has 108 valence electrons. The van der Waals surface area contributed by atoms with E-state index in [1.807, 2.05) is 6.07 Å². The third kappa shape index (κ3) is 3.11. The molecule has 10 heteroatoms. The van der Waals surface area contributed by atoms with Crippen molar-refractivity contribution >= 4 is 62.7 Å². The molecule has 2 aromatic heterocycles. The van der Waals surface area contributed by atoms with Gasteiger partial charge < -0.3 is 5.32 Å². The van der Waals surface area contributed by atoms with Gasteiger partial charge in [-0.2, -0.15) is 9.61 Å². The molecule has 0 saturated heterocycles. The van der Waals surface area contributed by atoms with Crippen LogP contribution in [0.15, 0.2) is 30.6 Å². The van der Waals surface area contributed by atoms with Crippen molar-refractivity contribution in [1.82, 2.24) is 19.8 Å². The second-order valence-corrected chi connectivity index (χ2v) is 7.24. The summed E-state index contributed by atoms with van der Waals surface area (Å²) < 4.78 is -0.434. The number of fused-ring (bicyclic) bond motifs is 1. The molecule has 1 amide bonds. The fourth-order valence-electron chi connectivity index (χ4n) is 1.61. The fraction of sp³-hybridized carbons (Fsp3) is 0.0909. The van der Waals surface area contributed by atoms with Crippen molar-refractivity contribution in [3.8, 4) is 10.6 Å². The van der Waals surface area contributed by atoms with Gasteiger partial charge in [0.25, 0.3) is 9.70 Å². The number of nitrogens with zero attached hydrogens (tertiary/aromatic N) is 4.